The number of benzene rings is 2. The lowest BCUT2D eigenvalue weighted by molar-refractivity contribution is -0.124. The minimum absolute atomic E-state index is 0.308. The monoisotopic (exact) mass is 431 g/mol. The molecule has 2 aromatic rings. The van der Waals surface area contributed by atoms with Crippen LogP contribution in [0, 0.1) is 11.8 Å². The van der Waals surface area contributed by atoms with E-state index >= 15 is 0 Å². The Morgan fingerprint density at radius 2 is 1.25 bits per heavy atom. The fraction of sp³-hybridized carbons (Fsp3) is 0.536. The van der Waals surface area contributed by atoms with Crippen LogP contribution in [0.5, 0.6) is 0 Å². The topological polar surface area (TPSA) is 26.8 Å². The maximum Gasteiger partial charge on any atom is 0.242 e. The zero-order valence-electron chi connectivity index (χ0n) is 19.7. The lowest BCUT2D eigenvalue weighted by atomic mass is 9.66. The number of para-hydroxylation sites is 2. The number of hydrogen-bond acceptors (Lipinski definition) is 3. The zero-order chi connectivity index (χ0) is 22.1. The molecule has 32 heavy (non-hydrogen) atoms. The third-order valence-corrected chi connectivity index (χ3v) is 8.24. The summed E-state index contributed by atoms with van der Waals surface area (Å²) in [5.41, 5.74) is 2.97. The van der Waals surface area contributed by atoms with E-state index in [1.165, 1.54) is 31.2 Å². The highest BCUT2D eigenvalue weighted by Gasteiger charge is 2.53. The first-order valence-electron chi connectivity index (χ1n) is 12.4. The number of amides is 1. The van der Waals surface area contributed by atoms with Crippen molar-refractivity contribution < 1.29 is 4.79 Å². The van der Waals surface area contributed by atoms with Gasteiger partial charge >= 0.3 is 0 Å². The molecule has 0 N–H and O–H groups in total. The van der Waals surface area contributed by atoms with Gasteiger partial charge in [0.2, 0.25) is 5.91 Å². The summed E-state index contributed by atoms with van der Waals surface area (Å²) in [5, 5.41) is 0. The van der Waals surface area contributed by atoms with E-state index in [2.05, 4.69) is 60.3 Å². The smallest absolute Gasteiger partial charge is 0.242 e. The predicted octanol–water partition coefficient (Wildman–Crippen LogP) is 5.07. The molecule has 4 heteroatoms. The van der Waals surface area contributed by atoms with Gasteiger partial charge in [-0.2, -0.15) is 0 Å². The maximum absolute atomic E-state index is 14.5. The first kappa shape index (κ1) is 21.7. The molecule has 0 aromatic heterocycles. The lowest BCUT2D eigenvalue weighted by Gasteiger charge is -2.40. The Hall–Kier alpha value is -2.17. The number of rotatable bonds is 5. The molecule has 4 nitrogen and oxygen atoms in total. The van der Waals surface area contributed by atoms with Crippen molar-refractivity contribution in [3.05, 3.63) is 60.2 Å². The predicted molar refractivity (Wildman–Crippen MR) is 131 cm³/mol. The van der Waals surface area contributed by atoms with Crippen LogP contribution >= 0.6 is 0 Å². The van der Waals surface area contributed by atoms with Crippen LogP contribution in [0.2, 0.25) is 0 Å². The molecule has 2 aromatic carbocycles. The molecule has 0 aliphatic carbocycles. The molecular weight excluding hydrogens is 394 g/mol. The van der Waals surface area contributed by atoms with Crippen molar-refractivity contribution >= 4 is 17.3 Å². The van der Waals surface area contributed by atoms with Gasteiger partial charge < -0.3 is 9.80 Å². The summed E-state index contributed by atoms with van der Waals surface area (Å²) < 4.78 is 0. The first-order valence-corrected chi connectivity index (χ1v) is 12.4. The molecule has 0 spiro atoms. The summed E-state index contributed by atoms with van der Waals surface area (Å²) >= 11 is 0. The molecule has 0 saturated carbocycles. The Morgan fingerprint density at radius 3 is 1.81 bits per heavy atom. The van der Waals surface area contributed by atoms with Crippen LogP contribution in [0.15, 0.2) is 54.6 Å². The average molecular weight is 432 g/mol. The van der Waals surface area contributed by atoms with E-state index < -0.39 is 5.41 Å². The molecule has 0 bridgehead atoms. The molecule has 170 valence electrons. The number of fused-ring (bicyclic) bond motifs is 1. The van der Waals surface area contributed by atoms with Crippen molar-refractivity contribution in [2.24, 2.45) is 11.8 Å². The number of hydrogen-bond donors (Lipinski definition) is 0. The van der Waals surface area contributed by atoms with Gasteiger partial charge in [-0.1, -0.05) is 36.4 Å². The summed E-state index contributed by atoms with van der Waals surface area (Å²) in [6.45, 7) is 4.58. The standard InChI is InChI=1S/C28H37N3O/c1-29-16-12-22(13-17-29)20-28(21-23-14-18-30(2)19-15-23)25-10-6-7-11-26(25)31(27(28)32)24-8-4-3-5-9-24/h3-11,22-23H,12-21H2,1-2H3. The summed E-state index contributed by atoms with van der Waals surface area (Å²) in [7, 11) is 4.44. The normalized spacial score (nSPS) is 22.9. The van der Waals surface area contributed by atoms with Crippen molar-refractivity contribution in [1.82, 2.24) is 9.80 Å². The zero-order valence-corrected chi connectivity index (χ0v) is 19.7. The van der Waals surface area contributed by atoms with Gasteiger partial charge in [0.1, 0.15) is 0 Å². The number of carbonyl (C=O) groups is 1. The molecule has 3 aliphatic heterocycles. The molecule has 0 unspecified atom stereocenters. The van der Waals surface area contributed by atoms with Crippen LogP contribution in [-0.4, -0.2) is 56.0 Å². The fourth-order valence-corrected chi connectivity index (χ4v) is 6.34. The van der Waals surface area contributed by atoms with Gasteiger partial charge in [0, 0.05) is 5.69 Å². The second-order valence-corrected chi connectivity index (χ2v) is 10.5. The Balaban J connectivity index is 1.54. The molecule has 2 fully saturated rings. The summed E-state index contributed by atoms with van der Waals surface area (Å²) in [5.74, 6) is 1.54. The van der Waals surface area contributed by atoms with Gasteiger partial charge in [-0.3, -0.25) is 9.69 Å². The first-order chi connectivity index (χ1) is 15.6. The van der Waals surface area contributed by atoms with Crippen LogP contribution in [-0.2, 0) is 10.2 Å². The van der Waals surface area contributed by atoms with Crippen LogP contribution in [0.4, 0.5) is 11.4 Å². The molecule has 5 rings (SSSR count). The number of nitrogens with zero attached hydrogens (tertiary/aromatic N) is 3. The van der Waals surface area contributed by atoms with Crippen LogP contribution in [0.25, 0.3) is 0 Å². The van der Waals surface area contributed by atoms with Crippen molar-refractivity contribution in [2.45, 2.75) is 43.9 Å². The van der Waals surface area contributed by atoms with Crippen molar-refractivity contribution in [1.29, 1.82) is 0 Å². The molecule has 3 heterocycles. The van der Waals surface area contributed by atoms with E-state index in [0.717, 1.165) is 50.4 Å². The summed E-state index contributed by atoms with van der Waals surface area (Å²) in [4.78, 5) is 21.4. The van der Waals surface area contributed by atoms with E-state index in [0.29, 0.717) is 17.7 Å². The second kappa shape index (κ2) is 8.99. The highest BCUT2D eigenvalue weighted by atomic mass is 16.2. The summed E-state index contributed by atoms with van der Waals surface area (Å²) in [6, 6.07) is 18.9. The van der Waals surface area contributed by atoms with Gasteiger partial charge in [0.25, 0.3) is 0 Å². The number of piperidine rings is 2. The maximum atomic E-state index is 14.5. The van der Waals surface area contributed by atoms with Crippen LogP contribution in [0.1, 0.15) is 44.1 Å². The van der Waals surface area contributed by atoms with Gasteiger partial charge in [0.05, 0.1) is 11.1 Å². The third-order valence-electron chi connectivity index (χ3n) is 8.24. The van der Waals surface area contributed by atoms with Gasteiger partial charge in [0.15, 0.2) is 0 Å². The summed E-state index contributed by atoms with van der Waals surface area (Å²) in [6.07, 6.45) is 6.79. The number of likely N-dealkylation sites (tertiary alicyclic amines) is 2. The second-order valence-electron chi connectivity index (χ2n) is 10.5. The third kappa shape index (κ3) is 3.99. The van der Waals surface area contributed by atoms with E-state index in [4.69, 9.17) is 0 Å². The van der Waals surface area contributed by atoms with Crippen molar-refractivity contribution in [3.63, 3.8) is 0 Å². The largest absolute Gasteiger partial charge is 0.306 e. The highest BCUT2D eigenvalue weighted by molar-refractivity contribution is 6.13. The van der Waals surface area contributed by atoms with E-state index in [-0.39, 0.29) is 0 Å². The van der Waals surface area contributed by atoms with Gasteiger partial charge in [-0.05, 0) is 114 Å². The SMILES string of the molecule is CN1CCC(CC2(CC3CCN(C)CC3)C(=O)N(c3ccccc3)c3ccccc32)CC1. The number of carbonyl (C=O) groups excluding carboxylic acids is 1. The minimum Gasteiger partial charge on any atom is -0.306 e. The number of anilines is 2. The van der Waals surface area contributed by atoms with Crippen molar-refractivity contribution in [2.75, 3.05) is 45.2 Å². The molecular formula is C28H37N3O. The molecule has 2 saturated heterocycles. The van der Waals surface area contributed by atoms with Crippen molar-refractivity contribution in [3.8, 4) is 0 Å². The Kier molecular flexibility index (Phi) is 6.09. The fourth-order valence-electron chi connectivity index (χ4n) is 6.34. The molecule has 3 aliphatic rings. The highest BCUT2D eigenvalue weighted by Crippen LogP contribution is 2.53. The van der Waals surface area contributed by atoms with Gasteiger partial charge in [-0.25, -0.2) is 0 Å². The molecule has 1 amide bonds. The lowest BCUT2D eigenvalue weighted by Crippen LogP contribution is -2.44. The van der Waals surface area contributed by atoms with E-state index in [1.54, 1.807) is 0 Å². The minimum atomic E-state index is -0.395. The van der Waals surface area contributed by atoms with E-state index in [9.17, 15) is 4.79 Å². The van der Waals surface area contributed by atoms with E-state index in [1.807, 2.05) is 23.1 Å². The Morgan fingerprint density at radius 1 is 0.750 bits per heavy atom. The van der Waals surface area contributed by atoms with Crippen LogP contribution in [0.3, 0.4) is 0 Å². The Bertz CT molecular complexity index is 903. The molecule has 0 atom stereocenters. The van der Waals surface area contributed by atoms with Gasteiger partial charge in [-0.15, -0.1) is 0 Å². The van der Waals surface area contributed by atoms with Crippen LogP contribution < -0.4 is 4.90 Å². The Labute approximate surface area is 193 Å². The quantitative estimate of drug-likeness (QED) is 0.662. The molecule has 0 radical (unpaired) electrons. The average Bonchev–Trinajstić information content (AvgIpc) is 3.05.